The second kappa shape index (κ2) is 4.73. The van der Waals surface area contributed by atoms with Crippen molar-refractivity contribution in [2.24, 2.45) is 0 Å². The predicted octanol–water partition coefficient (Wildman–Crippen LogP) is 4.00. The van der Waals surface area contributed by atoms with E-state index >= 15 is 0 Å². The van der Waals surface area contributed by atoms with Gasteiger partial charge in [-0.25, -0.2) is 0 Å². The Labute approximate surface area is 159 Å². The van der Waals surface area contributed by atoms with Crippen molar-refractivity contribution in [1.29, 1.82) is 0 Å². The summed E-state index contributed by atoms with van der Waals surface area (Å²) < 4.78 is 4.57. The molecule has 1 atom stereocenters. The van der Waals surface area contributed by atoms with E-state index in [1.54, 1.807) is 0 Å². The fourth-order valence-corrected chi connectivity index (χ4v) is 5.13. The molecule has 1 N–H and O–H groups in total. The molecule has 0 fully saturated rings. The van der Waals surface area contributed by atoms with E-state index in [9.17, 15) is 4.79 Å². The second-order valence-corrected chi connectivity index (χ2v) is 7.48. The van der Waals surface area contributed by atoms with E-state index in [1.807, 2.05) is 12.3 Å². The van der Waals surface area contributed by atoms with E-state index in [1.165, 1.54) is 11.1 Å². The highest BCUT2D eigenvalue weighted by Gasteiger charge is 2.28. The Morgan fingerprint density at radius 2 is 1.79 bits per heavy atom. The van der Waals surface area contributed by atoms with Crippen molar-refractivity contribution in [2.45, 2.75) is 6.04 Å². The van der Waals surface area contributed by atoms with Crippen LogP contribution in [0.1, 0.15) is 6.04 Å². The number of nitrogens with zero attached hydrogens (tertiary/aromatic N) is 2. The number of aromatic nitrogens is 3. The van der Waals surface area contributed by atoms with Gasteiger partial charge in [0, 0.05) is 40.0 Å². The molecule has 7 rings (SSSR count). The van der Waals surface area contributed by atoms with Crippen LogP contribution in [0.5, 0.6) is 0 Å². The number of para-hydroxylation sites is 1. The molecule has 1 aliphatic carbocycles. The van der Waals surface area contributed by atoms with Gasteiger partial charge in [-0.05, 0) is 23.8 Å². The van der Waals surface area contributed by atoms with Crippen molar-refractivity contribution in [2.75, 3.05) is 0 Å². The molecule has 28 heavy (non-hydrogen) atoms. The SMILES string of the molecule is O=c1[nH]cc2c3c4c5c(c6ccccc6n5ccccn4C4C=CC=CC=34)c12. The molecule has 2 aromatic carbocycles. The predicted molar refractivity (Wildman–Crippen MR) is 113 cm³/mol. The van der Waals surface area contributed by atoms with E-state index in [2.05, 4.69) is 81.0 Å². The Morgan fingerprint density at radius 3 is 2.75 bits per heavy atom. The number of benzene rings is 2. The van der Waals surface area contributed by atoms with Crippen molar-refractivity contribution < 1.29 is 0 Å². The van der Waals surface area contributed by atoms with Crippen LogP contribution in [0.4, 0.5) is 0 Å². The lowest BCUT2D eigenvalue weighted by Gasteiger charge is -2.15. The average molecular weight is 361 g/mol. The number of H-pyrrole nitrogens is 1. The van der Waals surface area contributed by atoms with Crippen LogP contribution in [-0.4, -0.2) is 14.0 Å². The molecule has 4 heterocycles. The van der Waals surface area contributed by atoms with Gasteiger partial charge in [0.25, 0.3) is 5.56 Å². The zero-order valence-electron chi connectivity index (χ0n) is 14.9. The summed E-state index contributed by atoms with van der Waals surface area (Å²) in [6.45, 7) is 0. The molecule has 0 saturated heterocycles. The first-order valence-corrected chi connectivity index (χ1v) is 9.46. The Hall–Kier alpha value is -3.79. The normalized spacial score (nSPS) is 17.4. The summed E-state index contributed by atoms with van der Waals surface area (Å²) in [5.41, 5.74) is 4.62. The number of hydrogen-bond donors (Lipinski definition) is 1. The van der Waals surface area contributed by atoms with Crippen molar-refractivity contribution >= 4 is 43.7 Å². The first-order chi connectivity index (χ1) is 13.8. The maximum absolute atomic E-state index is 12.9. The fraction of sp³-hybridized carbons (Fsp3) is 0.0417. The summed E-state index contributed by atoms with van der Waals surface area (Å²) in [4.78, 5) is 15.9. The van der Waals surface area contributed by atoms with E-state index in [0.717, 1.165) is 37.8 Å². The second-order valence-electron chi connectivity index (χ2n) is 7.48. The summed E-state index contributed by atoms with van der Waals surface area (Å²) in [5.74, 6) is 0. The van der Waals surface area contributed by atoms with Crippen LogP contribution in [-0.2, 0) is 0 Å². The molecule has 0 amide bonds. The molecule has 5 aromatic rings. The van der Waals surface area contributed by atoms with Crippen LogP contribution in [0.2, 0.25) is 0 Å². The summed E-state index contributed by atoms with van der Waals surface area (Å²) >= 11 is 0. The van der Waals surface area contributed by atoms with Crippen LogP contribution in [0.15, 0.2) is 84.1 Å². The summed E-state index contributed by atoms with van der Waals surface area (Å²) in [6.07, 6.45) is 14.7. The molecule has 0 saturated carbocycles. The quantitative estimate of drug-likeness (QED) is 0.445. The van der Waals surface area contributed by atoms with Gasteiger partial charge in [-0.1, -0.05) is 42.5 Å². The Bertz CT molecular complexity index is 1690. The fourth-order valence-electron chi connectivity index (χ4n) is 5.13. The van der Waals surface area contributed by atoms with Crippen molar-refractivity contribution in [1.82, 2.24) is 14.0 Å². The smallest absolute Gasteiger partial charge is 0.256 e. The molecular weight excluding hydrogens is 346 g/mol. The van der Waals surface area contributed by atoms with Gasteiger partial charge in [0.05, 0.1) is 28.0 Å². The molecule has 0 radical (unpaired) electrons. The van der Waals surface area contributed by atoms with Gasteiger partial charge in [-0.2, -0.15) is 0 Å². The first-order valence-electron chi connectivity index (χ1n) is 9.46. The number of aromatic amines is 1. The maximum Gasteiger partial charge on any atom is 0.256 e. The van der Waals surface area contributed by atoms with Gasteiger partial charge in [-0.3, -0.25) is 4.79 Å². The third-order valence-corrected chi connectivity index (χ3v) is 6.17. The first kappa shape index (κ1) is 14.3. The molecule has 0 spiro atoms. The highest BCUT2D eigenvalue weighted by molar-refractivity contribution is 6.25. The maximum atomic E-state index is 12.9. The van der Waals surface area contributed by atoms with Crippen LogP contribution < -0.4 is 10.8 Å². The largest absolute Gasteiger partial charge is 0.335 e. The third-order valence-electron chi connectivity index (χ3n) is 6.17. The standard InChI is InChI=1S/C24H15N3O/c28-24-21-16(13-25-24)19-14-7-1-3-9-17(14)26-11-5-6-12-27-18-10-4-2-8-15(18)20(21)23(27)22(19)26/h1-13,17H,(H,25,28). The van der Waals surface area contributed by atoms with E-state index in [4.69, 9.17) is 0 Å². The summed E-state index contributed by atoms with van der Waals surface area (Å²) in [6, 6.07) is 12.6. The Balaban J connectivity index is 2.00. The number of hydrogen-bond acceptors (Lipinski definition) is 1. The minimum absolute atomic E-state index is 0.0202. The summed E-state index contributed by atoms with van der Waals surface area (Å²) in [7, 11) is 0. The van der Waals surface area contributed by atoms with E-state index < -0.39 is 0 Å². The lowest BCUT2D eigenvalue weighted by atomic mass is 9.98. The van der Waals surface area contributed by atoms with Crippen LogP contribution in [0, 0.1) is 0 Å². The van der Waals surface area contributed by atoms with Gasteiger partial charge in [0.1, 0.15) is 0 Å². The molecule has 1 unspecified atom stereocenters. The monoisotopic (exact) mass is 361 g/mol. The molecule has 0 bridgehead atoms. The average Bonchev–Trinajstić information content (AvgIpc) is 3.34. The molecule has 3 aromatic heterocycles. The van der Waals surface area contributed by atoms with Gasteiger partial charge in [0.2, 0.25) is 0 Å². The van der Waals surface area contributed by atoms with Gasteiger partial charge in [-0.15, -0.1) is 0 Å². The van der Waals surface area contributed by atoms with E-state index in [-0.39, 0.29) is 11.6 Å². The third kappa shape index (κ3) is 1.48. The van der Waals surface area contributed by atoms with E-state index in [0.29, 0.717) is 0 Å². The number of rotatable bonds is 0. The van der Waals surface area contributed by atoms with Crippen molar-refractivity contribution in [3.63, 3.8) is 0 Å². The zero-order chi connectivity index (χ0) is 18.4. The topological polar surface area (TPSA) is 42.2 Å². The number of nitrogens with one attached hydrogen (secondary N) is 1. The molecule has 132 valence electrons. The minimum atomic E-state index is -0.0202. The molecule has 1 aliphatic heterocycles. The molecule has 4 nitrogen and oxygen atoms in total. The van der Waals surface area contributed by atoms with Crippen LogP contribution in [0.3, 0.4) is 0 Å². The Kier molecular flexibility index (Phi) is 2.41. The lowest BCUT2D eigenvalue weighted by Crippen LogP contribution is -2.08. The van der Waals surface area contributed by atoms with Crippen molar-refractivity contribution in [3.05, 3.63) is 94.9 Å². The van der Waals surface area contributed by atoms with Crippen molar-refractivity contribution in [3.8, 4) is 0 Å². The highest BCUT2D eigenvalue weighted by Crippen LogP contribution is 2.39. The van der Waals surface area contributed by atoms with Crippen LogP contribution in [0.25, 0.3) is 43.7 Å². The van der Waals surface area contributed by atoms with Gasteiger partial charge in [0.15, 0.2) is 0 Å². The summed E-state index contributed by atoms with van der Waals surface area (Å²) in [5, 5.41) is 5.11. The lowest BCUT2D eigenvalue weighted by molar-refractivity contribution is 0.780. The molecular formula is C24H15N3O. The van der Waals surface area contributed by atoms with Gasteiger partial charge >= 0.3 is 0 Å². The zero-order valence-corrected chi connectivity index (χ0v) is 14.9. The number of fused-ring (bicyclic) bond motifs is 8. The van der Waals surface area contributed by atoms with Crippen LogP contribution >= 0.6 is 0 Å². The minimum Gasteiger partial charge on any atom is -0.335 e. The highest BCUT2D eigenvalue weighted by atomic mass is 16.1. The molecule has 2 aliphatic rings. The Morgan fingerprint density at radius 1 is 0.893 bits per heavy atom. The number of allylic oxidation sites excluding steroid dienone is 4. The van der Waals surface area contributed by atoms with Gasteiger partial charge < -0.3 is 14.0 Å². The molecule has 4 heteroatoms.